The Hall–Kier alpha value is -2.92. The molecule has 0 saturated heterocycles. The van der Waals surface area contributed by atoms with Gasteiger partial charge in [-0.15, -0.1) is 0 Å². The fraction of sp³-hybridized carbons (Fsp3) is 0.136. The van der Waals surface area contributed by atoms with E-state index in [0.29, 0.717) is 6.61 Å². The van der Waals surface area contributed by atoms with E-state index in [1.54, 1.807) is 0 Å². The Morgan fingerprint density at radius 3 is 1.74 bits per heavy atom. The van der Waals surface area contributed by atoms with Gasteiger partial charge >= 0.3 is 6.16 Å². The predicted octanol–water partition coefficient (Wildman–Crippen LogP) is 6.37. The van der Waals surface area contributed by atoms with E-state index in [9.17, 15) is 9.90 Å². The predicted molar refractivity (Wildman–Crippen MR) is 107 cm³/mol. The van der Waals surface area contributed by atoms with Crippen LogP contribution in [-0.4, -0.2) is 17.9 Å². The zero-order valence-electron chi connectivity index (χ0n) is 15.1. The monoisotopic (exact) mass is 382 g/mol. The van der Waals surface area contributed by atoms with Crippen LogP contribution in [0.25, 0.3) is 0 Å². The second kappa shape index (κ2) is 8.64. The third-order valence-corrected chi connectivity index (χ3v) is 7.18. The van der Waals surface area contributed by atoms with E-state index in [1.165, 1.54) is 0 Å². The maximum Gasteiger partial charge on any atom is 0.517 e. The van der Waals surface area contributed by atoms with Crippen LogP contribution in [0.1, 0.15) is 13.3 Å². The van der Waals surface area contributed by atoms with Gasteiger partial charge in [-0.25, -0.2) is 4.79 Å². The van der Waals surface area contributed by atoms with Gasteiger partial charge in [-0.1, -0.05) is 43.3 Å². The molecule has 3 rings (SSSR count). The van der Waals surface area contributed by atoms with Gasteiger partial charge in [-0.05, 0) is 65.3 Å². The van der Waals surface area contributed by atoms with Gasteiger partial charge in [-0.2, -0.15) is 0 Å². The summed E-state index contributed by atoms with van der Waals surface area (Å²) in [6, 6.07) is 26.5. The molecule has 0 fully saturated rings. The largest absolute Gasteiger partial charge is 0.517 e. The van der Waals surface area contributed by atoms with Crippen molar-refractivity contribution in [1.82, 2.24) is 0 Å². The average Bonchev–Trinajstić information content (AvgIpc) is 2.72. The van der Waals surface area contributed by atoms with E-state index in [0.717, 1.165) is 26.9 Å². The first-order valence-electron chi connectivity index (χ1n) is 8.75. The van der Waals surface area contributed by atoms with Crippen molar-refractivity contribution >= 4 is 16.5 Å². The molecule has 0 radical (unpaired) electrons. The van der Waals surface area contributed by atoms with Crippen molar-refractivity contribution in [1.29, 1.82) is 0 Å². The summed E-state index contributed by atoms with van der Waals surface area (Å²) in [5, 5.41) is 9.58. The first-order chi connectivity index (χ1) is 13.2. The maximum absolute atomic E-state index is 11.7. The first-order valence-corrected chi connectivity index (χ1v) is 10.3. The summed E-state index contributed by atoms with van der Waals surface area (Å²) in [6.07, 6.45) is -0.378. The molecule has 4 nitrogen and oxygen atoms in total. The molecule has 0 heterocycles. The van der Waals surface area contributed by atoms with E-state index in [2.05, 4.69) is 6.92 Å². The Labute approximate surface area is 160 Å². The van der Waals surface area contributed by atoms with Crippen molar-refractivity contribution in [3.8, 4) is 5.75 Å². The Morgan fingerprint density at radius 1 is 0.815 bits per heavy atom. The molecule has 3 aromatic carbocycles. The van der Waals surface area contributed by atoms with E-state index < -0.39 is 16.5 Å². The minimum Gasteiger partial charge on any atom is -0.494 e. The Morgan fingerprint density at radius 2 is 1.30 bits per heavy atom. The molecule has 5 heteroatoms. The minimum absolute atomic E-state index is 0.639. The molecule has 27 heavy (non-hydrogen) atoms. The van der Waals surface area contributed by atoms with Gasteiger partial charge in [0.25, 0.3) is 0 Å². The smallest absolute Gasteiger partial charge is 0.494 e. The molecule has 0 aliphatic carbocycles. The van der Waals surface area contributed by atoms with Crippen LogP contribution in [0.4, 0.5) is 4.79 Å². The molecule has 0 spiro atoms. The molecule has 0 aromatic heterocycles. The summed E-state index contributed by atoms with van der Waals surface area (Å²) in [6.45, 7) is 2.69. The zero-order valence-corrected chi connectivity index (χ0v) is 15.9. The molecule has 0 aliphatic heterocycles. The van der Waals surface area contributed by atoms with Crippen LogP contribution in [0.15, 0.2) is 99.6 Å². The Kier molecular flexibility index (Phi) is 6.04. The number of ether oxygens (including phenoxy) is 1. The zero-order chi connectivity index (χ0) is 19.1. The van der Waals surface area contributed by atoms with Crippen LogP contribution in [0, 0.1) is 0 Å². The average molecular weight is 382 g/mol. The lowest BCUT2D eigenvalue weighted by atomic mass is 10.3. The summed E-state index contributed by atoms with van der Waals surface area (Å²) in [5.74, 6) is 0.755. The number of benzene rings is 3. The highest BCUT2D eigenvalue weighted by Gasteiger charge is 2.35. The highest BCUT2D eigenvalue weighted by Crippen LogP contribution is 2.69. The first kappa shape index (κ1) is 18.9. The molecule has 1 N–H and O–H groups in total. The molecule has 0 saturated carbocycles. The lowest BCUT2D eigenvalue weighted by Gasteiger charge is -2.38. The SMILES string of the molecule is CCCOc1ccc(S(OC(=O)O)(c2ccccc2)c2ccccc2)cc1. The van der Waals surface area contributed by atoms with Crippen molar-refractivity contribution in [2.24, 2.45) is 0 Å². The van der Waals surface area contributed by atoms with Crippen LogP contribution < -0.4 is 4.74 Å². The highest BCUT2D eigenvalue weighted by atomic mass is 32.3. The summed E-state index contributed by atoms with van der Waals surface area (Å²) in [5.41, 5.74) is 0. The molecule has 3 aromatic rings. The quantitative estimate of drug-likeness (QED) is 0.516. The van der Waals surface area contributed by atoms with Gasteiger partial charge in [0.15, 0.2) is 0 Å². The number of carboxylic acid groups (broad SMARTS) is 1. The van der Waals surface area contributed by atoms with E-state index in [-0.39, 0.29) is 0 Å². The van der Waals surface area contributed by atoms with E-state index >= 15 is 0 Å². The summed E-state index contributed by atoms with van der Waals surface area (Å²) in [7, 11) is -2.42. The number of hydrogen-bond acceptors (Lipinski definition) is 3. The molecular weight excluding hydrogens is 360 g/mol. The van der Waals surface area contributed by atoms with Crippen LogP contribution >= 0.6 is 10.3 Å². The van der Waals surface area contributed by atoms with Crippen molar-refractivity contribution < 1.29 is 18.8 Å². The number of carbonyl (C=O) groups is 1. The topological polar surface area (TPSA) is 55.8 Å². The molecule has 140 valence electrons. The van der Waals surface area contributed by atoms with Crippen LogP contribution in [0.2, 0.25) is 0 Å². The Balaban J connectivity index is 2.18. The van der Waals surface area contributed by atoms with Gasteiger partial charge in [0.2, 0.25) is 0 Å². The normalized spacial score (nSPS) is 11.6. The third-order valence-electron chi connectivity index (χ3n) is 3.98. The van der Waals surface area contributed by atoms with Crippen molar-refractivity contribution in [3.05, 3.63) is 84.9 Å². The van der Waals surface area contributed by atoms with E-state index in [1.807, 2.05) is 84.9 Å². The van der Waals surface area contributed by atoms with Gasteiger partial charge in [0.05, 0.1) is 6.61 Å². The van der Waals surface area contributed by atoms with Gasteiger partial charge < -0.3 is 14.0 Å². The van der Waals surface area contributed by atoms with Crippen LogP contribution in [0.5, 0.6) is 5.75 Å². The molecular formula is C22H22O4S. The van der Waals surface area contributed by atoms with Gasteiger partial charge in [-0.3, -0.25) is 0 Å². The minimum atomic E-state index is -2.42. The molecule has 0 amide bonds. The van der Waals surface area contributed by atoms with Crippen molar-refractivity contribution in [3.63, 3.8) is 0 Å². The van der Waals surface area contributed by atoms with Crippen molar-refractivity contribution in [2.75, 3.05) is 6.61 Å². The summed E-state index contributed by atoms with van der Waals surface area (Å²) >= 11 is 0. The summed E-state index contributed by atoms with van der Waals surface area (Å²) in [4.78, 5) is 14.2. The molecule has 0 unspecified atom stereocenters. The fourth-order valence-corrected chi connectivity index (χ4v) is 5.75. The molecule has 0 atom stereocenters. The Bertz CT molecular complexity index is 824. The highest BCUT2D eigenvalue weighted by molar-refractivity contribution is 8.30. The fourth-order valence-electron chi connectivity index (χ4n) is 2.83. The lowest BCUT2D eigenvalue weighted by Crippen LogP contribution is -2.12. The summed E-state index contributed by atoms with van der Waals surface area (Å²) < 4.78 is 11.3. The number of rotatable bonds is 7. The molecule has 0 aliphatic rings. The second-order valence-electron chi connectivity index (χ2n) is 5.85. The van der Waals surface area contributed by atoms with Crippen LogP contribution in [0.3, 0.4) is 0 Å². The van der Waals surface area contributed by atoms with Gasteiger partial charge in [0, 0.05) is 14.7 Å². The maximum atomic E-state index is 11.7. The number of hydrogen-bond donors (Lipinski definition) is 1. The third kappa shape index (κ3) is 4.09. The lowest BCUT2D eigenvalue weighted by molar-refractivity contribution is 0.150. The van der Waals surface area contributed by atoms with E-state index in [4.69, 9.17) is 8.92 Å². The second-order valence-corrected chi connectivity index (χ2v) is 8.54. The molecule has 0 bridgehead atoms. The standard InChI is InChI=1S/C22H22O4S/c1-2-17-25-18-13-15-21(16-14-18)27(26-22(23)24,19-9-5-3-6-10-19)20-11-7-4-8-12-20/h3-16H,2,17H2,1H3,(H,23,24). The van der Waals surface area contributed by atoms with Gasteiger partial charge in [0.1, 0.15) is 5.75 Å². The van der Waals surface area contributed by atoms with Crippen LogP contribution in [-0.2, 0) is 4.18 Å². The van der Waals surface area contributed by atoms with Crippen molar-refractivity contribution in [2.45, 2.75) is 28.0 Å².